The highest BCUT2D eigenvalue weighted by Gasteiger charge is 2.37. The number of amides is 2. The molecule has 2 aromatic heterocycles. The molecule has 8 heteroatoms. The fourth-order valence-corrected chi connectivity index (χ4v) is 3.18. The van der Waals surface area contributed by atoms with Crippen molar-refractivity contribution in [3.8, 4) is 11.5 Å². The Balaban J connectivity index is 1.63. The summed E-state index contributed by atoms with van der Waals surface area (Å²) >= 11 is 0. The summed E-state index contributed by atoms with van der Waals surface area (Å²) in [5, 5.41) is 9.62. The van der Waals surface area contributed by atoms with Gasteiger partial charge in [-0.15, -0.1) is 0 Å². The molecule has 0 unspecified atom stereocenters. The highest BCUT2D eigenvalue weighted by Crippen LogP contribution is 2.30. The van der Waals surface area contributed by atoms with Gasteiger partial charge in [0.15, 0.2) is 11.5 Å². The van der Waals surface area contributed by atoms with Crippen LogP contribution in [-0.4, -0.2) is 34.8 Å². The van der Waals surface area contributed by atoms with Crippen LogP contribution >= 0.6 is 0 Å². The van der Waals surface area contributed by atoms with Crippen molar-refractivity contribution in [2.45, 2.75) is 57.6 Å². The minimum atomic E-state index is -0.570. The van der Waals surface area contributed by atoms with E-state index in [2.05, 4.69) is 15.8 Å². The fraction of sp³-hybridized carbons (Fsp3) is 0.526. The van der Waals surface area contributed by atoms with Crippen molar-refractivity contribution in [1.82, 2.24) is 15.8 Å². The van der Waals surface area contributed by atoms with Crippen molar-refractivity contribution in [1.29, 1.82) is 0 Å². The number of furan rings is 1. The number of nitrogens with zero attached hydrogens (tertiary/aromatic N) is 1. The number of hydrogen-bond donors (Lipinski definition) is 2. The standard InChI is InChI=1S/C19H25N3O5/c1-18(2,3)26-17(24)20-12-19(8-4-5-9-19)21-16(23)13-11-15(27-22-13)14-7-6-10-25-14/h6-7,10-11H,4-5,8-9,12H2,1-3H3,(H,20,24)(H,21,23). The van der Waals surface area contributed by atoms with Crippen LogP contribution in [0.3, 0.4) is 0 Å². The van der Waals surface area contributed by atoms with Gasteiger partial charge in [0.25, 0.3) is 5.91 Å². The molecule has 3 rings (SSSR count). The van der Waals surface area contributed by atoms with Crippen LogP contribution < -0.4 is 10.6 Å². The van der Waals surface area contributed by atoms with Crippen LogP contribution in [0.1, 0.15) is 56.9 Å². The van der Waals surface area contributed by atoms with Crippen molar-refractivity contribution in [3.63, 3.8) is 0 Å². The first-order chi connectivity index (χ1) is 12.8. The van der Waals surface area contributed by atoms with E-state index in [4.69, 9.17) is 13.7 Å². The molecule has 0 bridgehead atoms. The van der Waals surface area contributed by atoms with Gasteiger partial charge >= 0.3 is 6.09 Å². The Hall–Kier alpha value is -2.77. The Labute approximate surface area is 157 Å². The largest absolute Gasteiger partial charge is 0.461 e. The van der Waals surface area contributed by atoms with E-state index in [0.29, 0.717) is 18.1 Å². The van der Waals surface area contributed by atoms with Gasteiger partial charge in [-0.25, -0.2) is 4.79 Å². The normalized spacial score (nSPS) is 16.1. The van der Waals surface area contributed by atoms with Gasteiger partial charge < -0.3 is 24.3 Å². The molecule has 0 aromatic carbocycles. The Bertz CT molecular complexity index is 783. The minimum absolute atomic E-state index is 0.171. The molecule has 1 saturated carbocycles. The lowest BCUT2D eigenvalue weighted by Gasteiger charge is -2.30. The smallest absolute Gasteiger partial charge is 0.407 e. The van der Waals surface area contributed by atoms with Crippen molar-refractivity contribution in [2.24, 2.45) is 0 Å². The molecule has 27 heavy (non-hydrogen) atoms. The first kappa shape index (κ1) is 19.0. The van der Waals surface area contributed by atoms with Crippen molar-refractivity contribution >= 4 is 12.0 Å². The number of rotatable bonds is 5. The Morgan fingerprint density at radius 2 is 2.00 bits per heavy atom. The maximum atomic E-state index is 12.7. The lowest BCUT2D eigenvalue weighted by atomic mass is 9.97. The second-order valence-electron chi connectivity index (χ2n) is 7.85. The third-order valence-electron chi connectivity index (χ3n) is 4.42. The second-order valence-corrected chi connectivity index (χ2v) is 7.85. The summed E-state index contributed by atoms with van der Waals surface area (Å²) in [6, 6.07) is 5.00. The number of hydrogen-bond acceptors (Lipinski definition) is 6. The van der Waals surface area contributed by atoms with Crippen LogP contribution in [0.25, 0.3) is 11.5 Å². The molecule has 1 aliphatic rings. The van der Waals surface area contributed by atoms with Crippen LogP contribution in [0.4, 0.5) is 4.79 Å². The van der Waals surface area contributed by atoms with Crippen LogP contribution in [-0.2, 0) is 4.74 Å². The number of nitrogens with one attached hydrogen (secondary N) is 2. The topological polar surface area (TPSA) is 107 Å². The molecule has 8 nitrogen and oxygen atoms in total. The van der Waals surface area contributed by atoms with Crippen LogP contribution in [0.5, 0.6) is 0 Å². The molecular formula is C19H25N3O5. The Morgan fingerprint density at radius 1 is 1.26 bits per heavy atom. The number of alkyl carbamates (subject to hydrolysis) is 1. The zero-order valence-corrected chi connectivity index (χ0v) is 15.8. The Morgan fingerprint density at radius 3 is 2.63 bits per heavy atom. The van der Waals surface area contributed by atoms with Gasteiger partial charge in [0.2, 0.25) is 5.76 Å². The van der Waals surface area contributed by atoms with Gasteiger partial charge in [0.1, 0.15) is 5.60 Å². The number of ether oxygens (including phenoxy) is 1. The molecule has 0 aliphatic heterocycles. The monoisotopic (exact) mass is 375 g/mol. The third kappa shape index (κ3) is 4.90. The van der Waals surface area contributed by atoms with Gasteiger partial charge in [0.05, 0.1) is 11.8 Å². The third-order valence-corrected chi connectivity index (χ3v) is 4.42. The lowest BCUT2D eigenvalue weighted by molar-refractivity contribution is 0.0504. The first-order valence-electron chi connectivity index (χ1n) is 9.06. The highest BCUT2D eigenvalue weighted by atomic mass is 16.6. The molecule has 2 amide bonds. The van der Waals surface area contributed by atoms with Crippen molar-refractivity contribution in [3.05, 3.63) is 30.2 Å². The number of aromatic nitrogens is 1. The zero-order chi connectivity index (χ0) is 19.5. The molecule has 0 spiro atoms. The van der Waals surface area contributed by atoms with E-state index in [-0.39, 0.29) is 11.6 Å². The molecule has 0 saturated heterocycles. The summed E-state index contributed by atoms with van der Waals surface area (Å²) < 4.78 is 15.7. The van der Waals surface area contributed by atoms with E-state index >= 15 is 0 Å². The average Bonchev–Trinajstić information content (AvgIpc) is 3.32. The first-order valence-corrected chi connectivity index (χ1v) is 9.06. The number of carbonyl (C=O) groups is 2. The molecule has 0 atom stereocenters. The molecular weight excluding hydrogens is 350 g/mol. The molecule has 146 valence electrons. The van der Waals surface area contributed by atoms with Crippen molar-refractivity contribution in [2.75, 3.05) is 6.54 Å². The van der Waals surface area contributed by atoms with Gasteiger partial charge in [-0.05, 0) is 45.7 Å². The average molecular weight is 375 g/mol. The van der Waals surface area contributed by atoms with Gasteiger partial charge in [-0.2, -0.15) is 0 Å². The molecule has 1 aliphatic carbocycles. The number of carbonyl (C=O) groups excluding carboxylic acids is 2. The molecule has 0 radical (unpaired) electrons. The SMILES string of the molecule is CC(C)(C)OC(=O)NCC1(NC(=O)c2cc(-c3ccco3)on2)CCCC1. The van der Waals surface area contributed by atoms with Gasteiger partial charge in [-0.1, -0.05) is 18.0 Å². The predicted molar refractivity (Wildman–Crippen MR) is 97.1 cm³/mol. The Kier molecular flexibility index (Phi) is 5.25. The summed E-state index contributed by atoms with van der Waals surface area (Å²) in [5.41, 5.74) is -0.915. The lowest BCUT2D eigenvalue weighted by Crippen LogP contribution is -2.54. The molecule has 1 fully saturated rings. The van der Waals surface area contributed by atoms with Crippen molar-refractivity contribution < 1.29 is 23.3 Å². The summed E-state index contributed by atoms with van der Waals surface area (Å²) in [7, 11) is 0. The van der Waals surface area contributed by atoms with Crippen LogP contribution in [0.2, 0.25) is 0 Å². The summed E-state index contributed by atoms with van der Waals surface area (Å²) in [6.45, 7) is 5.72. The quantitative estimate of drug-likeness (QED) is 0.828. The maximum Gasteiger partial charge on any atom is 0.407 e. The van der Waals surface area contributed by atoms with E-state index in [0.717, 1.165) is 25.7 Å². The molecule has 2 N–H and O–H groups in total. The highest BCUT2D eigenvalue weighted by molar-refractivity contribution is 5.93. The summed E-state index contributed by atoms with van der Waals surface area (Å²) in [6.07, 6.45) is 4.53. The molecule has 2 heterocycles. The second kappa shape index (κ2) is 7.46. The van der Waals surface area contributed by atoms with E-state index in [1.165, 1.54) is 12.3 Å². The predicted octanol–water partition coefficient (Wildman–Crippen LogP) is 3.50. The zero-order valence-electron chi connectivity index (χ0n) is 15.8. The van der Waals surface area contributed by atoms with Gasteiger partial charge in [-0.3, -0.25) is 4.79 Å². The fourth-order valence-electron chi connectivity index (χ4n) is 3.18. The van der Waals surface area contributed by atoms with Crippen LogP contribution in [0.15, 0.2) is 33.4 Å². The van der Waals surface area contributed by atoms with E-state index in [1.54, 1.807) is 32.9 Å². The van der Waals surface area contributed by atoms with E-state index in [1.807, 2.05) is 0 Å². The van der Waals surface area contributed by atoms with E-state index in [9.17, 15) is 9.59 Å². The summed E-state index contributed by atoms with van der Waals surface area (Å²) in [5.74, 6) is 0.547. The van der Waals surface area contributed by atoms with Gasteiger partial charge in [0, 0.05) is 12.6 Å². The summed E-state index contributed by atoms with van der Waals surface area (Å²) in [4.78, 5) is 24.6. The van der Waals surface area contributed by atoms with E-state index < -0.39 is 17.2 Å². The minimum Gasteiger partial charge on any atom is -0.461 e. The van der Waals surface area contributed by atoms with Crippen LogP contribution in [0, 0.1) is 0 Å². The maximum absolute atomic E-state index is 12.7. The molecule has 2 aromatic rings.